The van der Waals surface area contributed by atoms with Crippen LogP contribution in [0.25, 0.3) is 11.3 Å². The summed E-state index contributed by atoms with van der Waals surface area (Å²) < 4.78 is 7.54. The molecule has 1 aliphatic rings. The molecular weight excluding hydrogens is 266 g/mol. The smallest absolute Gasteiger partial charge is 0.123 e. The van der Waals surface area contributed by atoms with Gasteiger partial charge in [-0.05, 0) is 18.6 Å². The van der Waals surface area contributed by atoms with Crippen LogP contribution in [-0.4, -0.2) is 52.3 Å². The molecule has 0 spiro atoms. The lowest BCUT2D eigenvalue weighted by molar-refractivity contribution is 0.0369. The van der Waals surface area contributed by atoms with Gasteiger partial charge in [-0.25, -0.2) is 9.97 Å². The number of hydrogen-bond donors (Lipinski definition) is 1. The molecule has 21 heavy (non-hydrogen) atoms. The summed E-state index contributed by atoms with van der Waals surface area (Å²) >= 11 is 0. The lowest BCUT2D eigenvalue weighted by Gasteiger charge is -2.26. The first-order valence-corrected chi connectivity index (χ1v) is 7.35. The predicted octanol–water partition coefficient (Wildman–Crippen LogP) is 1.25. The van der Waals surface area contributed by atoms with E-state index >= 15 is 0 Å². The molecule has 0 atom stereocenters. The Morgan fingerprint density at radius 2 is 2.10 bits per heavy atom. The van der Waals surface area contributed by atoms with E-state index in [1.807, 2.05) is 24.7 Å². The van der Waals surface area contributed by atoms with Crippen molar-refractivity contribution in [3.05, 3.63) is 30.9 Å². The molecule has 0 amide bonds. The first kappa shape index (κ1) is 14.0. The van der Waals surface area contributed by atoms with Gasteiger partial charge in [0.1, 0.15) is 5.82 Å². The van der Waals surface area contributed by atoms with Crippen LogP contribution < -0.4 is 5.73 Å². The predicted molar refractivity (Wildman–Crippen MR) is 81.7 cm³/mol. The number of nitrogen functional groups attached to an aromatic ring is 1. The van der Waals surface area contributed by atoms with Crippen molar-refractivity contribution in [1.29, 1.82) is 0 Å². The normalized spacial score (nSPS) is 16.2. The number of nitrogens with two attached hydrogens (primary N) is 1. The molecule has 6 nitrogen and oxygen atoms in total. The number of hydrogen-bond acceptors (Lipinski definition) is 5. The van der Waals surface area contributed by atoms with Crippen LogP contribution in [0.5, 0.6) is 0 Å². The van der Waals surface area contributed by atoms with Crippen LogP contribution in [-0.2, 0) is 11.3 Å². The summed E-state index contributed by atoms with van der Waals surface area (Å²) in [6, 6.07) is 3.85. The third kappa shape index (κ3) is 3.59. The first-order chi connectivity index (χ1) is 10.3. The molecule has 3 heterocycles. The molecule has 2 aromatic rings. The van der Waals surface area contributed by atoms with Crippen molar-refractivity contribution in [3.63, 3.8) is 0 Å². The minimum Gasteiger partial charge on any atom is -0.384 e. The zero-order valence-corrected chi connectivity index (χ0v) is 12.1. The topological polar surface area (TPSA) is 69.2 Å². The second-order valence-electron chi connectivity index (χ2n) is 5.25. The Morgan fingerprint density at radius 3 is 2.90 bits per heavy atom. The summed E-state index contributed by atoms with van der Waals surface area (Å²) in [5.74, 6) is 0.536. The minimum absolute atomic E-state index is 0.536. The molecule has 2 N–H and O–H groups in total. The standard InChI is InChI=1S/C15H21N5O/c16-15-10-13(2-3-18-15)14-11-17-12-20(14)5-1-4-19-6-8-21-9-7-19/h2-3,10-12H,1,4-9H2,(H2,16,18). The van der Waals surface area contributed by atoms with Gasteiger partial charge in [-0.3, -0.25) is 4.90 Å². The van der Waals surface area contributed by atoms with Crippen LogP contribution in [0.1, 0.15) is 6.42 Å². The van der Waals surface area contributed by atoms with Gasteiger partial charge in [-0.1, -0.05) is 0 Å². The van der Waals surface area contributed by atoms with Crippen LogP contribution in [0.2, 0.25) is 0 Å². The zero-order valence-electron chi connectivity index (χ0n) is 12.1. The number of aromatic nitrogens is 3. The van der Waals surface area contributed by atoms with Crippen molar-refractivity contribution >= 4 is 5.82 Å². The third-order valence-corrected chi connectivity index (χ3v) is 3.77. The van der Waals surface area contributed by atoms with Crippen molar-refractivity contribution in [2.75, 3.05) is 38.6 Å². The highest BCUT2D eigenvalue weighted by atomic mass is 16.5. The average molecular weight is 287 g/mol. The fraction of sp³-hybridized carbons (Fsp3) is 0.467. The molecule has 0 saturated carbocycles. The molecule has 0 radical (unpaired) electrons. The average Bonchev–Trinajstić information content (AvgIpc) is 2.97. The van der Waals surface area contributed by atoms with E-state index in [0.29, 0.717) is 5.82 Å². The highest BCUT2D eigenvalue weighted by Crippen LogP contribution is 2.20. The molecule has 0 aliphatic carbocycles. The van der Waals surface area contributed by atoms with Gasteiger partial charge in [-0.2, -0.15) is 0 Å². The Kier molecular flexibility index (Phi) is 4.47. The van der Waals surface area contributed by atoms with Crippen molar-refractivity contribution in [2.45, 2.75) is 13.0 Å². The van der Waals surface area contributed by atoms with Crippen LogP contribution in [0, 0.1) is 0 Å². The summed E-state index contributed by atoms with van der Waals surface area (Å²) in [6.07, 6.45) is 6.59. The first-order valence-electron chi connectivity index (χ1n) is 7.35. The van der Waals surface area contributed by atoms with E-state index < -0.39 is 0 Å². The summed E-state index contributed by atoms with van der Waals surface area (Å²) in [7, 11) is 0. The number of ether oxygens (including phenoxy) is 1. The largest absolute Gasteiger partial charge is 0.384 e. The van der Waals surface area contributed by atoms with Gasteiger partial charge in [-0.15, -0.1) is 0 Å². The number of anilines is 1. The lowest BCUT2D eigenvalue weighted by atomic mass is 10.2. The maximum absolute atomic E-state index is 5.75. The summed E-state index contributed by atoms with van der Waals surface area (Å²) in [5, 5.41) is 0. The molecule has 0 aromatic carbocycles. The highest BCUT2D eigenvalue weighted by molar-refractivity contribution is 5.61. The van der Waals surface area contributed by atoms with Crippen molar-refractivity contribution in [1.82, 2.24) is 19.4 Å². The van der Waals surface area contributed by atoms with Crippen LogP contribution in [0.4, 0.5) is 5.82 Å². The SMILES string of the molecule is Nc1cc(-c2cncn2CCCN2CCOCC2)ccn1. The number of imidazole rings is 1. The van der Waals surface area contributed by atoms with Crippen molar-refractivity contribution in [2.24, 2.45) is 0 Å². The van der Waals surface area contributed by atoms with Gasteiger partial charge in [0.05, 0.1) is 31.4 Å². The minimum atomic E-state index is 0.536. The Bertz CT molecular complexity index is 577. The maximum Gasteiger partial charge on any atom is 0.123 e. The number of aryl methyl sites for hydroxylation is 1. The van der Waals surface area contributed by atoms with E-state index in [1.54, 1.807) is 6.20 Å². The molecule has 1 fully saturated rings. The quantitative estimate of drug-likeness (QED) is 0.896. The van der Waals surface area contributed by atoms with Crippen LogP contribution >= 0.6 is 0 Å². The van der Waals surface area contributed by atoms with Gasteiger partial charge >= 0.3 is 0 Å². The summed E-state index contributed by atoms with van der Waals surface area (Å²) in [5.41, 5.74) is 7.90. The van der Waals surface area contributed by atoms with Crippen LogP contribution in [0.3, 0.4) is 0 Å². The Balaban J connectivity index is 1.60. The molecular formula is C15H21N5O. The second-order valence-corrected chi connectivity index (χ2v) is 5.25. The van der Waals surface area contributed by atoms with Gasteiger partial charge < -0.3 is 15.0 Å². The summed E-state index contributed by atoms with van der Waals surface area (Å²) in [4.78, 5) is 10.7. The van der Waals surface area contributed by atoms with Gasteiger partial charge in [0.2, 0.25) is 0 Å². The molecule has 112 valence electrons. The zero-order chi connectivity index (χ0) is 14.5. The van der Waals surface area contributed by atoms with Crippen molar-refractivity contribution < 1.29 is 4.74 Å². The number of rotatable bonds is 5. The summed E-state index contributed by atoms with van der Waals surface area (Å²) in [6.45, 7) is 5.84. The molecule has 0 bridgehead atoms. The van der Waals surface area contributed by atoms with E-state index in [9.17, 15) is 0 Å². The van der Waals surface area contributed by atoms with Gasteiger partial charge in [0.15, 0.2) is 0 Å². The van der Waals surface area contributed by atoms with Crippen LogP contribution in [0.15, 0.2) is 30.9 Å². The van der Waals surface area contributed by atoms with E-state index in [1.165, 1.54) is 0 Å². The number of nitrogens with zero attached hydrogens (tertiary/aromatic N) is 4. The third-order valence-electron chi connectivity index (χ3n) is 3.77. The molecule has 1 aliphatic heterocycles. The molecule has 1 saturated heterocycles. The van der Waals surface area contributed by atoms with E-state index in [2.05, 4.69) is 19.4 Å². The van der Waals surface area contributed by atoms with Gasteiger partial charge in [0.25, 0.3) is 0 Å². The van der Waals surface area contributed by atoms with E-state index in [-0.39, 0.29) is 0 Å². The Morgan fingerprint density at radius 1 is 1.24 bits per heavy atom. The number of morpholine rings is 1. The Labute approximate surface area is 124 Å². The highest BCUT2D eigenvalue weighted by Gasteiger charge is 2.10. The molecule has 0 unspecified atom stereocenters. The van der Waals surface area contributed by atoms with E-state index in [4.69, 9.17) is 10.5 Å². The fourth-order valence-electron chi connectivity index (χ4n) is 2.64. The van der Waals surface area contributed by atoms with Crippen molar-refractivity contribution in [3.8, 4) is 11.3 Å². The fourth-order valence-corrected chi connectivity index (χ4v) is 2.64. The Hall–Kier alpha value is -1.92. The van der Waals surface area contributed by atoms with Gasteiger partial charge in [0, 0.05) is 37.9 Å². The lowest BCUT2D eigenvalue weighted by Crippen LogP contribution is -2.37. The monoisotopic (exact) mass is 287 g/mol. The second kappa shape index (κ2) is 6.69. The molecule has 6 heteroatoms. The maximum atomic E-state index is 5.75. The number of pyridine rings is 1. The molecule has 3 rings (SSSR count). The molecule has 2 aromatic heterocycles. The van der Waals surface area contributed by atoms with E-state index in [0.717, 1.165) is 57.1 Å².